The Bertz CT molecular complexity index is 869. The van der Waals surface area contributed by atoms with Gasteiger partial charge >= 0.3 is 0 Å². The lowest BCUT2D eigenvalue weighted by Gasteiger charge is -2.11. The van der Waals surface area contributed by atoms with E-state index in [9.17, 15) is 4.79 Å². The Labute approximate surface area is 154 Å². The predicted octanol–water partition coefficient (Wildman–Crippen LogP) is 3.84. The summed E-state index contributed by atoms with van der Waals surface area (Å²) >= 11 is 0. The maximum absolute atomic E-state index is 11.8. The maximum Gasteiger partial charge on any atom is 0.220 e. The molecule has 0 aliphatic rings. The fraction of sp³-hybridized carbons (Fsp3) is 0.333. The first kappa shape index (κ1) is 18.0. The van der Waals surface area contributed by atoms with Crippen molar-refractivity contribution >= 4 is 16.9 Å². The monoisotopic (exact) mass is 351 g/mol. The molecule has 5 heteroatoms. The number of hydrogen-bond acceptors (Lipinski definition) is 3. The fourth-order valence-corrected chi connectivity index (χ4v) is 2.89. The van der Waals surface area contributed by atoms with Gasteiger partial charge in [0, 0.05) is 6.42 Å². The first-order chi connectivity index (χ1) is 12.7. The molecular weight excluding hydrogens is 326 g/mol. The summed E-state index contributed by atoms with van der Waals surface area (Å²) in [5, 5.41) is 2.95. The summed E-state index contributed by atoms with van der Waals surface area (Å²) in [5.41, 5.74) is 3.20. The number of rotatable bonds is 8. The van der Waals surface area contributed by atoms with Crippen molar-refractivity contribution < 1.29 is 9.53 Å². The molecule has 0 bridgehead atoms. The molecule has 0 atom stereocenters. The highest BCUT2D eigenvalue weighted by atomic mass is 16.5. The number of carbonyl (C=O) groups excluding carboxylic acids is 1. The van der Waals surface area contributed by atoms with Crippen LogP contribution in [0.15, 0.2) is 48.5 Å². The van der Waals surface area contributed by atoms with Gasteiger partial charge in [0.05, 0.1) is 24.1 Å². The third-order valence-corrected chi connectivity index (χ3v) is 4.26. The van der Waals surface area contributed by atoms with E-state index < -0.39 is 0 Å². The second kappa shape index (κ2) is 8.52. The van der Waals surface area contributed by atoms with E-state index in [1.165, 1.54) is 5.56 Å². The summed E-state index contributed by atoms with van der Waals surface area (Å²) in [6.07, 6.45) is 1.38. The predicted molar refractivity (Wildman–Crippen MR) is 103 cm³/mol. The van der Waals surface area contributed by atoms with E-state index in [2.05, 4.69) is 21.8 Å². The van der Waals surface area contributed by atoms with E-state index in [-0.39, 0.29) is 5.91 Å². The highest BCUT2D eigenvalue weighted by Gasteiger charge is 2.11. The minimum atomic E-state index is 0.0574. The van der Waals surface area contributed by atoms with Crippen LogP contribution in [0.25, 0.3) is 11.0 Å². The number of benzene rings is 2. The van der Waals surface area contributed by atoms with Gasteiger partial charge in [0.25, 0.3) is 0 Å². The van der Waals surface area contributed by atoms with Gasteiger partial charge in [0.2, 0.25) is 5.91 Å². The quantitative estimate of drug-likeness (QED) is 0.671. The molecule has 1 aromatic heterocycles. The second-order valence-electron chi connectivity index (χ2n) is 6.36. The minimum absolute atomic E-state index is 0.0574. The van der Waals surface area contributed by atoms with Crippen LogP contribution in [-0.4, -0.2) is 22.1 Å². The molecule has 0 aliphatic heterocycles. The van der Waals surface area contributed by atoms with Crippen LogP contribution in [0.4, 0.5) is 0 Å². The van der Waals surface area contributed by atoms with Gasteiger partial charge in [0.1, 0.15) is 18.2 Å². The van der Waals surface area contributed by atoms with Crippen LogP contribution >= 0.6 is 0 Å². The summed E-state index contributed by atoms with van der Waals surface area (Å²) in [5.74, 6) is 1.77. The largest absolute Gasteiger partial charge is 0.492 e. The highest BCUT2D eigenvalue weighted by molar-refractivity contribution is 5.77. The second-order valence-corrected chi connectivity index (χ2v) is 6.36. The lowest BCUT2D eigenvalue weighted by Crippen LogP contribution is -2.24. The van der Waals surface area contributed by atoms with Gasteiger partial charge in [0.15, 0.2) is 0 Å². The average molecular weight is 351 g/mol. The van der Waals surface area contributed by atoms with Crippen molar-refractivity contribution in [2.24, 2.45) is 0 Å². The van der Waals surface area contributed by atoms with Crippen molar-refractivity contribution in [2.45, 2.75) is 39.8 Å². The number of fused-ring (bicyclic) bond motifs is 1. The summed E-state index contributed by atoms with van der Waals surface area (Å²) < 4.78 is 7.99. The number of hydrogen-bond donors (Lipinski definition) is 1. The number of nitrogens with one attached hydrogen (secondary N) is 1. The van der Waals surface area contributed by atoms with Crippen LogP contribution in [0.3, 0.4) is 0 Å². The van der Waals surface area contributed by atoms with Crippen molar-refractivity contribution in [2.75, 3.05) is 6.61 Å². The topological polar surface area (TPSA) is 56.2 Å². The number of ether oxygens (including phenoxy) is 1. The van der Waals surface area contributed by atoms with E-state index in [4.69, 9.17) is 4.74 Å². The van der Waals surface area contributed by atoms with Gasteiger partial charge in [-0.05, 0) is 37.6 Å². The Kier molecular flexibility index (Phi) is 5.89. The van der Waals surface area contributed by atoms with Crippen molar-refractivity contribution in [3.05, 3.63) is 59.9 Å². The number of para-hydroxylation sites is 2. The zero-order valence-corrected chi connectivity index (χ0v) is 15.4. The molecule has 136 valence electrons. The fourth-order valence-electron chi connectivity index (χ4n) is 2.89. The molecule has 0 saturated heterocycles. The van der Waals surface area contributed by atoms with Gasteiger partial charge in [-0.1, -0.05) is 36.8 Å². The SMILES string of the molecule is CCCC(=O)NCc1nc2ccccc2n1CCOc1ccc(C)cc1. The van der Waals surface area contributed by atoms with Crippen molar-refractivity contribution in [1.29, 1.82) is 0 Å². The third kappa shape index (κ3) is 4.42. The van der Waals surface area contributed by atoms with Crippen LogP contribution < -0.4 is 10.1 Å². The molecule has 2 aromatic carbocycles. The molecule has 0 saturated carbocycles. The van der Waals surface area contributed by atoms with Gasteiger partial charge in [-0.25, -0.2) is 4.98 Å². The molecule has 5 nitrogen and oxygen atoms in total. The highest BCUT2D eigenvalue weighted by Crippen LogP contribution is 2.17. The molecule has 26 heavy (non-hydrogen) atoms. The smallest absolute Gasteiger partial charge is 0.220 e. The molecule has 0 unspecified atom stereocenters. The Morgan fingerprint density at radius 3 is 2.69 bits per heavy atom. The molecule has 0 radical (unpaired) electrons. The maximum atomic E-state index is 11.8. The zero-order valence-electron chi connectivity index (χ0n) is 15.4. The molecule has 1 heterocycles. The zero-order chi connectivity index (χ0) is 18.4. The molecule has 1 amide bonds. The first-order valence-corrected chi connectivity index (χ1v) is 9.07. The number of amides is 1. The average Bonchev–Trinajstić information content (AvgIpc) is 3.00. The van der Waals surface area contributed by atoms with Crippen LogP contribution in [0, 0.1) is 6.92 Å². The van der Waals surface area contributed by atoms with E-state index in [1.54, 1.807) is 0 Å². The van der Waals surface area contributed by atoms with E-state index in [1.807, 2.05) is 55.5 Å². The lowest BCUT2D eigenvalue weighted by atomic mass is 10.2. The van der Waals surface area contributed by atoms with Crippen molar-refractivity contribution in [3.8, 4) is 5.75 Å². The summed E-state index contributed by atoms with van der Waals surface area (Å²) in [4.78, 5) is 16.5. The summed E-state index contributed by atoms with van der Waals surface area (Å²) in [6.45, 7) is 5.70. The van der Waals surface area contributed by atoms with Crippen molar-refractivity contribution in [3.63, 3.8) is 0 Å². The standard InChI is InChI=1S/C21H25N3O2/c1-3-6-21(25)22-15-20-23-18-7-4-5-8-19(18)24(20)13-14-26-17-11-9-16(2)10-12-17/h4-5,7-12H,3,6,13-15H2,1-2H3,(H,22,25). The molecule has 3 aromatic rings. The molecule has 0 spiro atoms. The number of nitrogens with zero attached hydrogens (tertiary/aromatic N) is 2. The van der Waals surface area contributed by atoms with E-state index >= 15 is 0 Å². The molecule has 3 rings (SSSR count). The Morgan fingerprint density at radius 2 is 1.92 bits per heavy atom. The molecule has 1 N–H and O–H groups in total. The van der Waals surface area contributed by atoms with Crippen LogP contribution in [0.5, 0.6) is 5.75 Å². The normalized spacial score (nSPS) is 10.8. The Hall–Kier alpha value is -2.82. The van der Waals surface area contributed by atoms with Crippen LogP contribution in [0.2, 0.25) is 0 Å². The Balaban J connectivity index is 1.71. The minimum Gasteiger partial charge on any atom is -0.492 e. The number of imidazole rings is 1. The first-order valence-electron chi connectivity index (χ1n) is 9.07. The lowest BCUT2D eigenvalue weighted by molar-refractivity contribution is -0.121. The summed E-state index contributed by atoms with van der Waals surface area (Å²) in [7, 11) is 0. The van der Waals surface area contributed by atoms with Crippen LogP contribution in [-0.2, 0) is 17.9 Å². The van der Waals surface area contributed by atoms with Gasteiger partial charge < -0.3 is 14.6 Å². The summed E-state index contributed by atoms with van der Waals surface area (Å²) in [6, 6.07) is 16.0. The number of aryl methyl sites for hydroxylation is 1. The third-order valence-electron chi connectivity index (χ3n) is 4.26. The van der Waals surface area contributed by atoms with E-state index in [0.29, 0.717) is 26.1 Å². The van der Waals surface area contributed by atoms with Gasteiger partial charge in [-0.3, -0.25) is 4.79 Å². The molecule has 0 fully saturated rings. The van der Waals surface area contributed by atoms with Gasteiger partial charge in [-0.15, -0.1) is 0 Å². The number of carbonyl (C=O) groups is 1. The Morgan fingerprint density at radius 1 is 1.15 bits per heavy atom. The van der Waals surface area contributed by atoms with Crippen molar-refractivity contribution in [1.82, 2.24) is 14.9 Å². The van der Waals surface area contributed by atoms with Crippen LogP contribution in [0.1, 0.15) is 31.2 Å². The molecular formula is C21H25N3O2. The van der Waals surface area contributed by atoms with E-state index in [0.717, 1.165) is 29.0 Å². The van der Waals surface area contributed by atoms with Gasteiger partial charge in [-0.2, -0.15) is 0 Å². The molecule has 0 aliphatic carbocycles. The number of aromatic nitrogens is 2.